The van der Waals surface area contributed by atoms with E-state index in [9.17, 15) is 0 Å². The Hall–Kier alpha value is -0.680. The molecule has 0 saturated heterocycles. The molecule has 1 aromatic carbocycles. The molecule has 0 aliphatic rings. The zero-order chi connectivity index (χ0) is 12.1. The zero-order valence-corrected chi connectivity index (χ0v) is 11.3. The number of ether oxygens (including phenoxy) is 3. The van der Waals surface area contributed by atoms with Crippen molar-refractivity contribution in [1.29, 1.82) is 0 Å². The highest BCUT2D eigenvalue weighted by molar-refractivity contribution is 7.84. The lowest BCUT2D eigenvalue weighted by molar-refractivity contribution is 0.322. The third-order valence-corrected chi connectivity index (χ3v) is 3.38. The Morgan fingerprint density at radius 3 is 2.12 bits per heavy atom. The summed E-state index contributed by atoms with van der Waals surface area (Å²) in [5.41, 5.74) is 0.943. The minimum atomic E-state index is -0.00177. The van der Waals surface area contributed by atoms with Gasteiger partial charge in [0, 0.05) is 16.6 Å². The summed E-state index contributed by atoms with van der Waals surface area (Å²) in [7, 11) is 4.77. The molecule has 0 heterocycles. The third-order valence-electron chi connectivity index (χ3n) is 2.27. The van der Waals surface area contributed by atoms with E-state index in [2.05, 4.69) is 25.3 Å². The largest absolute Gasteiger partial charge is 0.493 e. The molecule has 3 nitrogen and oxygen atoms in total. The van der Waals surface area contributed by atoms with Crippen molar-refractivity contribution in [2.75, 3.05) is 27.1 Å². The number of methoxy groups -OCH3 is 3. The van der Waals surface area contributed by atoms with Gasteiger partial charge in [-0.25, -0.2) is 0 Å². The van der Waals surface area contributed by atoms with Crippen LogP contribution >= 0.6 is 25.3 Å². The van der Waals surface area contributed by atoms with Crippen LogP contribution in [0.5, 0.6) is 17.2 Å². The predicted molar refractivity (Wildman–Crippen MR) is 71.7 cm³/mol. The van der Waals surface area contributed by atoms with E-state index >= 15 is 0 Å². The van der Waals surface area contributed by atoms with Crippen molar-refractivity contribution in [3.05, 3.63) is 17.7 Å². The summed E-state index contributed by atoms with van der Waals surface area (Å²) in [4.78, 5) is 0. The summed E-state index contributed by atoms with van der Waals surface area (Å²) < 4.78 is 15.8. The highest BCUT2D eigenvalue weighted by Crippen LogP contribution is 2.43. The Bertz CT molecular complexity index is 355. The molecule has 1 unspecified atom stereocenters. The van der Waals surface area contributed by atoms with Crippen LogP contribution in [-0.2, 0) is 0 Å². The summed E-state index contributed by atoms with van der Waals surface area (Å²) in [6.07, 6.45) is 0. The molecule has 0 aromatic heterocycles. The van der Waals surface area contributed by atoms with Gasteiger partial charge in [0.15, 0.2) is 11.5 Å². The maximum absolute atomic E-state index is 5.34. The van der Waals surface area contributed by atoms with Crippen LogP contribution in [0.4, 0.5) is 0 Å². The van der Waals surface area contributed by atoms with Crippen LogP contribution in [0.1, 0.15) is 10.8 Å². The molecular weight excluding hydrogens is 244 g/mol. The van der Waals surface area contributed by atoms with Crippen LogP contribution in [0.3, 0.4) is 0 Å². The summed E-state index contributed by atoms with van der Waals surface area (Å²) in [5, 5.41) is -0.00177. The molecule has 1 atom stereocenters. The van der Waals surface area contributed by atoms with Gasteiger partial charge < -0.3 is 14.2 Å². The van der Waals surface area contributed by atoms with E-state index in [0.29, 0.717) is 23.0 Å². The smallest absolute Gasteiger partial charge is 0.203 e. The van der Waals surface area contributed by atoms with Gasteiger partial charge in [0.2, 0.25) is 5.75 Å². The summed E-state index contributed by atoms with van der Waals surface area (Å²) in [5.74, 6) is 2.50. The minimum Gasteiger partial charge on any atom is -0.493 e. The first-order chi connectivity index (χ1) is 7.69. The summed E-state index contributed by atoms with van der Waals surface area (Å²) in [6, 6.07) is 3.75. The molecule has 1 aromatic rings. The standard InChI is InChI=1S/C11H16O3S2/c1-12-8-5-4-7(9(16)6-15)10(13-2)11(8)14-3/h4-5,9,15-16H,6H2,1-3H3. The van der Waals surface area contributed by atoms with Crippen LogP contribution in [0, 0.1) is 0 Å². The second-order valence-corrected chi connectivity index (χ2v) is 4.11. The van der Waals surface area contributed by atoms with Crippen LogP contribution in [-0.4, -0.2) is 27.1 Å². The van der Waals surface area contributed by atoms with Crippen LogP contribution in [0.15, 0.2) is 12.1 Å². The fourth-order valence-electron chi connectivity index (χ4n) is 1.49. The molecule has 0 aliphatic heterocycles. The van der Waals surface area contributed by atoms with Crippen molar-refractivity contribution in [2.45, 2.75) is 5.25 Å². The SMILES string of the molecule is COc1ccc(C(S)CS)c(OC)c1OC. The normalized spacial score (nSPS) is 12.1. The van der Waals surface area contributed by atoms with Crippen LogP contribution in [0.25, 0.3) is 0 Å². The maximum Gasteiger partial charge on any atom is 0.203 e. The van der Waals surface area contributed by atoms with E-state index in [1.54, 1.807) is 21.3 Å². The van der Waals surface area contributed by atoms with Crippen molar-refractivity contribution >= 4 is 25.3 Å². The third kappa shape index (κ3) is 2.52. The van der Waals surface area contributed by atoms with Crippen molar-refractivity contribution in [3.63, 3.8) is 0 Å². The first-order valence-electron chi connectivity index (χ1n) is 4.77. The molecule has 0 aliphatic carbocycles. The first-order valence-corrected chi connectivity index (χ1v) is 5.92. The van der Waals surface area contributed by atoms with Crippen molar-refractivity contribution in [3.8, 4) is 17.2 Å². The Kier molecular flexibility index (Phi) is 5.15. The van der Waals surface area contributed by atoms with E-state index in [4.69, 9.17) is 14.2 Å². The second-order valence-electron chi connectivity index (χ2n) is 3.12. The highest BCUT2D eigenvalue weighted by Gasteiger charge is 2.19. The van der Waals surface area contributed by atoms with Gasteiger partial charge in [-0.3, -0.25) is 0 Å². The monoisotopic (exact) mass is 260 g/mol. The molecule has 0 radical (unpaired) electrons. The van der Waals surface area contributed by atoms with Gasteiger partial charge in [-0.15, -0.1) is 0 Å². The number of hydrogen-bond donors (Lipinski definition) is 2. The number of rotatable bonds is 5. The molecule has 5 heteroatoms. The van der Waals surface area contributed by atoms with Gasteiger partial charge in [0.05, 0.1) is 21.3 Å². The van der Waals surface area contributed by atoms with Crippen molar-refractivity contribution in [1.82, 2.24) is 0 Å². The molecule has 1 rings (SSSR count). The molecule has 0 bridgehead atoms. The first kappa shape index (κ1) is 13.4. The van der Waals surface area contributed by atoms with Crippen LogP contribution in [0.2, 0.25) is 0 Å². The molecule has 0 amide bonds. The number of thiol groups is 2. The summed E-state index contributed by atoms with van der Waals surface area (Å²) in [6.45, 7) is 0. The lowest BCUT2D eigenvalue weighted by Gasteiger charge is -2.18. The van der Waals surface area contributed by atoms with Gasteiger partial charge in [-0.2, -0.15) is 25.3 Å². The van der Waals surface area contributed by atoms with Crippen molar-refractivity contribution in [2.24, 2.45) is 0 Å². The highest BCUT2D eigenvalue weighted by atomic mass is 32.1. The quantitative estimate of drug-likeness (QED) is 0.797. The summed E-state index contributed by atoms with van der Waals surface area (Å²) >= 11 is 8.66. The molecule has 0 spiro atoms. The molecule has 0 fully saturated rings. The lowest BCUT2D eigenvalue weighted by Crippen LogP contribution is -2.01. The Balaban J connectivity index is 3.31. The van der Waals surface area contributed by atoms with E-state index in [1.165, 1.54) is 0 Å². The maximum atomic E-state index is 5.34. The fraction of sp³-hybridized carbons (Fsp3) is 0.455. The average molecular weight is 260 g/mol. The molecular formula is C11H16O3S2. The average Bonchev–Trinajstić information content (AvgIpc) is 2.35. The number of benzene rings is 1. The van der Waals surface area contributed by atoms with Gasteiger partial charge in [-0.05, 0) is 6.07 Å². The minimum absolute atomic E-state index is 0.00177. The van der Waals surface area contributed by atoms with Crippen LogP contribution < -0.4 is 14.2 Å². The lowest BCUT2D eigenvalue weighted by atomic mass is 10.1. The van der Waals surface area contributed by atoms with E-state index < -0.39 is 0 Å². The second kappa shape index (κ2) is 6.15. The molecule has 16 heavy (non-hydrogen) atoms. The molecule has 0 saturated carbocycles. The number of hydrogen-bond acceptors (Lipinski definition) is 5. The van der Waals surface area contributed by atoms with Gasteiger partial charge >= 0.3 is 0 Å². The molecule has 0 N–H and O–H groups in total. The Labute approximate surface area is 107 Å². The fourth-order valence-corrected chi connectivity index (χ4v) is 1.89. The molecule has 90 valence electrons. The van der Waals surface area contributed by atoms with E-state index in [-0.39, 0.29) is 5.25 Å². The van der Waals surface area contributed by atoms with Gasteiger partial charge in [0.1, 0.15) is 0 Å². The Morgan fingerprint density at radius 1 is 1.06 bits per heavy atom. The van der Waals surface area contributed by atoms with Crippen molar-refractivity contribution < 1.29 is 14.2 Å². The Morgan fingerprint density at radius 2 is 1.69 bits per heavy atom. The zero-order valence-electron chi connectivity index (χ0n) is 9.56. The predicted octanol–water partition coefficient (Wildman–Crippen LogP) is 2.61. The topological polar surface area (TPSA) is 27.7 Å². The van der Waals surface area contributed by atoms with Gasteiger partial charge in [-0.1, -0.05) is 6.07 Å². The van der Waals surface area contributed by atoms with Gasteiger partial charge in [0.25, 0.3) is 0 Å². The van der Waals surface area contributed by atoms with E-state index in [1.807, 2.05) is 12.1 Å². The van der Waals surface area contributed by atoms with E-state index in [0.717, 1.165) is 5.56 Å².